The van der Waals surface area contributed by atoms with Gasteiger partial charge in [-0.2, -0.15) is 5.26 Å². The molecule has 0 saturated heterocycles. The molecule has 0 bridgehead atoms. The first kappa shape index (κ1) is 16.5. The second-order valence-electron chi connectivity index (χ2n) is 4.55. The highest BCUT2D eigenvalue weighted by Crippen LogP contribution is 2.43. The van der Waals surface area contributed by atoms with E-state index in [2.05, 4.69) is 0 Å². The van der Waals surface area contributed by atoms with Crippen molar-refractivity contribution in [2.45, 2.75) is 19.8 Å². The first-order valence-corrected chi connectivity index (χ1v) is 7.41. The average molecular weight is 335 g/mol. The molecule has 2 N–H and O–H groups in total. The first-order valence-electron chi connectivity index (χ1n) is 6.60. The van der Waals surface area contributed by atoms with Gasteiger partial charge in [0.1, 0.15) is 17.4 Å². The molecule has 2 heterocycles. The van der Waals surface area contributed by atoms with Crippen LogP contribution < -0.4 is 5.73 Å². The number of carbonyl (C=O) groups excluding carboxylic acids is 1. The summed E-state index contributed by atoms with van der Waals surface area (Å²) in [5, 5.41) is 20.1. The van der Waals surface area contributed by atoms with Gasteiger partial charge in [0, 0.05) is 10.9 Å². The van der Waals surface area contributed by atoms with Gasteiger partial charge in [-0.05, 0) is 19.9 Å². The fraction of sp³-hybridized carbons (Fsp3) is 0.286. The van der Waals surface area contributed by atoms with Gasteiger partial charge in [0.05, 0.1) is 23.0 Å². The number of rotatable bonds is 4. The third kappa shape index (κ3) is 3.02. The summed E-state index contributed by atoms with van der Waals surface area (Å²) in [5.41, 5.74) is 5.87. The lowest BCUT2D eigenvalue weighted by molar-refractivity contribution is -0.380. The highest BCUT2D eigenvalue weighted by Gasteiger charge is 2.37. The molecule has 1 aromatic rings. The maximum absolute atomic E-state index is 12.2. The standard InChI is InChI=1S/C14H13N3O5S/c1-3-21-14(18)11-7(2)22-13(16)8(6-15)12(11)9-4-5-10(23-9)17(19)20/h4-5,12H,3,16H2,1-2H3/t12-/m0/s1. The molecule has 0 spiro atoms. The van der Waals surface area contributed by atoms with Crippen LogP contribution in [-0.2, 0) is 14.3 Å². The summed E-state index contributed by atoms with van der Waals surface area (Å²) >= 11 is 0.873. The van der Waals surface area contributed by atoms with E-state index >= 15 is 0 Å². The van der Waals surface area contributed by atoms with Crippen LogP contribution in [0.2, 0.25) is 0 Å². The number of allylic oxidation sites excluding steroid dienone is 2. The van der Waals surface area contributed by atoms with Gasteiger partial charge < -0.3 is 15.2 Å². The second-order valence-corrected chi connectivity index (χ2v) is 5.64. The zero-order valence-corrected chi connectivity index (χ0v) is 13.2. The lowest BCUT2D eigenvalue weighted by Gasteiger charge is -2.25. The van der Waals surface area contributed by atoms with Gasteiger partial charge in [0.25, 0.3) is 0 Å². The summed E-state index contributed by atoms with van der Waals surface area (Å²) in [4.78, 5) is 23.0. The fourth-order valence-corrected chi connectivity index (χ4v) is 3.18. The highest BCUT2D eigenvalue weighted by atomic mass is 32.1. The molecule has 0 aliphatic carbocycles. The quantitative estimate of drug-likeness (QED) is 0.507. The molecular weight excluding hydrogens is 322 g/mol. The summed E-state index contributed by atoms with van der Waals surface area (Å²) in [6.07, 6.45) is 0. The van der Waals surface area contributed by atoms with Crippen molar-refractivity contribution in [1.29, 1.82) is 5.26 Å². The molecule has 23 heavy (non-hydrogen) atoms. The molecule has 9 heteroatoms. The van der Waals surface area contributed by atoms with E-state index in [0.29, 0.717) is 4.88 Å². The van der Waals surface area contributed by atoms with Crippen LogP contribution in [-0.4, -0.2) is 17.5 Å². The Hall–Kier alpha value is -2.86. The van der Waals surface area contributed by atoms with E-state index in [4.69, 9.17) is 15.2 Å². The molecule has 120 valence electrons. The van der Waals surface area contributed by atoms with Crippen molar-refractivity contribution in [3.63, 3.8) is 0 Å². The Kier molecular flexibility index (Phi) is 4.66. The normalized spacial score (nSPS) is 17.5. The minimum Gasteiger partial charge on any atom is -0.463 e. The number of nitrogens with two attached hydrogens (primary N) is 1. The summed E-state index contributed by atoms with van der Waals surface area (Å²) in [5.74, 6) is -1.40. The average Bonchev–Trinajstić information content (AvgIpc) is 2.96. The molecule has 0 saturated carbocycles. The first-order chi connectivity index (χ1) is 10.9. The third-order valence-electron chi connectivity index (χ3n) is 3.18. The summed E-state index contributed by atoms with van der Waals surface area (Å²) < 4.78 is 10.3. The summed E-state index contributed by atoms with van der Waals surface area (Å²) in [6.45, 7) is 3.33. The van der Waals surface area contributed by atoms with Gasteiger partial charge in [0.15, 0.2) is 0 Å². The molecular formula is C14H13N3O5S. The SMILES string of the molecule is CCOC(=O)C1=C(C)OC(N)=C(C#N)[C@H]1c1ccc([N+](=O)[O-])s1. The maximum atomic E-state index is 12.2. The van der Waals surface area contributed by atoms with Crippen LogP contribution in [0, 0.1) is 21.4 Å². The Morgan fingerprint density at radius 1 is 1.61 bits per heavy atom. The Morgan fingerprint density at radius 3 is 2.83 bits per heavy atom. The minimum absolute atomic E-state index is 0.0235. The van der Waals surface area contributed by atoms with Crippen LogP contribution in [0.15, 0.2) is 34.9 Å². The van der Waals surface area contributed by atoms with Crippen LogP contribution in [0.1, 0.15) is 24.6 Å². The Morgan fingerprint density at radius 2 is 2.30 bits per heavy atom. The smallest absolute Gasteiger partial charge is 0.338 e. The monoisotopic (exact) mass is 335 g/mol. The molecule has 0 radical (unpaired) electrons. The Balaban J connectivity index is 2.59. The molecule has 0 fully saturated rings. The van der Waals surface area contributed by atoms with Crippen molar-refractivity contribution in [3.8, 4) is 6.07 Å². The molecule has 1 aliphatic heterocycles. The zero-order chi connectivity index (χ0) is 17.1. The topological polar surface area (TPSA) is 128 Å². The van der Waals surface area contributed by atoms with E-state index in [0.717, 1.165) is 11.3 Å². The van der Waals surface area contributed by atoms with E-state index in [1.807, 2.05) is 6.07 Å². The summed E-state index contributed by atoms with van der Waals surface area (Å²) in [7, 11) is 0. The predicted octanol–water partition coefficient (Wildman–Crippen LogP) is 2.30. The van der Waals surface area contributed by atoms with Crippen molar-refractivity contribution >= 4 is 22.3 Å². The molecule has 2 rings (SSSR count). The van der Waals surface area contributed by atoms with Crippen molar-refractivity contribution in [3.05, 3.63) is 49.9 Å². The Bertz CT molecular complexity index is 772. The van der Waals surface area contributed by atoms with Crippen molar-refractivity contribution in [2.24, 2.45) is 5.73 Å². The van der Waals surface area contributed by atoms with E-state index in [1.165, 1.54) is 19.1 Å². The van der Waals surface area contributed by atoms with Crippen molar-refractivity contribution in [1.82, 2.24) is 0 Å². The van der Waals surface area contributed by atoms with Gasteiger partial charge in [0.2, 0.25) is 5.88 Å². The minimum atomic E-state index is -0.841. The van der Waals surface area contributed by atoms with Gasteiger partial charge in [-0.15, -0.1) is 0 Å². The third-order valence-corrected chi connectivity index (χ3v) is 4.28. The molecule has 1 aliphatic rings. The number of hydrogen-bond donors (Lipinski definition) is 1. The van der Waals surface area contributed by atoms with Crippen molar-refractivity contribution < 1.29 is 19.2 Å². The number of esters is 1. The van der Waals surface area contributed by atoms with E-state index in [9.17, 15) is 20.2 Å². The van der Waals surface area contributed by atoms with Gasteiger partial charge in [-0.3, -0.25) is 10.1 Å². The van der Waals surface area contributed by atoms with Gasteiger partial charge in [-0.25, -0.2) is 4.79 Å². The van der Waals surface area contributed by atoms with Gasteiger partial charge in [-0.1, -0.05) is 11.3 Å². The van der Waals surface area contributed by atoms with Crippen LogP contribution in [0.3, 0.4) is 0 Å². The van der Waals surface area contributed by atoms with Crippen LogP contribution in [0.25, 0.3) is 0 Å². The van der Waals surface area contributed by atoms with Crippen molar-refractivity contribution in [2.75, 3.05) is 6.61 Å². The predicted molar refractivity (Wildman–Crippen MR) is 81.0 cm³/mol. The lowest BCUT2D eigenvalue weighted by atomic mass is 9.87. The number of nitrogens with zero attached hydrogens (tertiary/aromatic N) is 2. The van der Waals surface area contributed by atoms with Gasteiger partial charge >= 0.3 is 11.0 Å². The number of ether oxygens (including phenoxy) is 2. The number of nitro groups is 1. The summed E-state index contributed by atoms with van der Waals surface area (Å²) in [6, 6.07) is 4.73. The number of hydrogen-bond acceptors (Lipinski definition) is 8. The highest BCUT2D eigenvalue weighted by molar-refractivity contribution is 7.15. The molecule has 0 unspecified atom stereocenters. The van der Waals surface area contributed by atoms with E-state index < -0.39 is 16.8 Å². The largest absolute Gasteiger partial charge is 0.463 e. The molecule has 0 amide bonds. The molecule has 1 atom stereocenters. The zero-order valence-electron chi connectivity index (χ0n) is 12.4. The van der Waals surface area contributed by atoms with E-state index in [1.54, 1.807) is 6.92 Å². The molecule has 1 aromatic heterocycles. The number of thiophene rings is 1. The molecule has 0 aromatic carbocycles. The van der Waals surface area contributed by atoms with E-state index in [-0.39, 0.29) is 34.4 Å². The number of carbonyl (C=O) groups is 1. The molecule has 8 nitrogen and oxygen atoms in total. The van der Waals surface area contributed by atoms with Crippen LogP contribution in [0.4, 0.5) is 5.00 Å². The van der Waals surface area contributed by atoms with Crippen LogP contribution >= 0.6 is 11.3 Å². The fourth-order valence-electron chi connectivity index (χ4n) is 2.23. The number of nitriles is 1. The lowest BCUT2D eigenvalue weighted by Crippen LogP contribution is -2.25. The van der Waals surface area contributed by atoms with Crippen LogP contribution in [0.5, 0.6) is 0 Å². The Labute approximate surface area is 135 Å². The maximum Gasteiger partial charge on any atom is 0.338 e. The second kappa shape index (κ2) is 6.50.